The Morgan fingerprint density at radius 2 is 1.74 bits per heavy atom. The van der Waals surface area contributed by atoms with E-state index in [1.807, 2.05) is 0 Å². The summed E-state index contributed by atoms with van der Waals surface area (Å²) in [6, 6.07) is 3.82. The molecular formula is C17H15Cl3N2O5. The molecule has 10 heteroatoms. The van der Waals surface area contributed by atoms with Crippen LogP contribution in [0, 0.1) is 24.0 Å². The monoisotopic (exact) mass is 432 g/mol. The van der Waals surface area contributed by atoms with Crippen LogP contribution >= 0.6 is 34.8 Å². The van der Waals surface area contributed by atoms with E-state index in [1.165, 1.54) is 25.3 Å². The van der Waals surface area contributed by atoms with Gasteiger partial charge >= 0.3 is 0 Å². The SMILES string of the molecule is COc1cc([N+](=O)[O-])ccc1NC(=O)COc1c(Cl)c(C)c(Cl)c(C)c1Cl. The van der Waals surface area contributed by atoms with Crippen molar-refractivity contribution in [1.29, 1.82) is 0 Å². The van der Waals surface area contributed by atoms with Crippen LogP contribution in [0.3, 0.4) is 0 Å². The molecule has 2 aromatic rings. The third-order valence-electron chi connectivity index (χ3n) is 3.73. The summed E-state index contributed by atoms with van der Waals surface area (Å²) in [5, 5.41) is 14.2. The Kier molecular flexibility index (Phi) is 6.75. The molecule has 1 amide bonds. The zero-order valence-electron chi connectivity index (χ0n) is 14.6. The number of methoxy groups -OCH3 is 1. The Morgan fingerprint density at radius 3 is 2.26 bits per heavy atom. The number of benzene rings is 2. The van der Waals surface area contributed by atoms with E-state index in [0.29, 0.717) is 16.1 Å². The summed E-state index contributed by atoms with van der Waals surface area (Å²) in [6.07, 6.45) is 0. The van der Waals surface area contributed by atoms with Gasteiger partial charge in [-0.3, -0.25) is 14.9 Å². The lowest BCUT2D eigenvalue weighted by atomic mass is 10.1. The number of ether oxygens (including phenoxy) is 2. The largest absolute Gasteiger partial charge is 0.494 e. The van der Waals surface area contributed by atoms with E-state index in [4.69, 9.17) is 44.3 Å². The summed E-state index contributed by atoms with van der Waals surface area (Å²) in [5.41, 5.74) is 1.28. The fourth-order valence-corrected chi connectivity index (χ4v) is 3.08. The number of hydrogen-bond donors (Lipinski definition) is 1. The number of nitrogens with zero attached hydrogens (tertiary/aromatic N) is 1. The van der Waals surface area contributed by atoms with Gasteiger partial charge in [-0.25, -0.2) is 0 Å². The molecule has 144 valence electrons. The summed E-state index contributed by atoms with van der Waals surface area (Å²) in [6.45, 7) is 3.03. The van der Waals surface area contributed by atoms with Crippen LogP contribution in [-0.4, -0.2) is 24.5 Å². The van der Waals surface area contributed by atoms with Crippen LogP contribution in [0.2, 0.25) is 15.1 Å². The normalized spacial score (nSPS) is 10.4. The van der Waals surface area contributed by atoms with Crippen LogP contribution in [0.5, 0.6) is 11.5 Å². The van der Waals surface area contributed by atoms with Gasteiger partial charge in [-0.15, -0.1) is 0 Å². The molecule has 0 aliphatic rings. The van der Waals surface area contributed by atoms with Crippen LogP contribution in [0.15, 0.2) is 18.2 Å². The number of anilines is 1. The van der Waals surface area contributed by atoms with Gasteiger partial charge < -0.3 is 14.8 Å². The molecule has 0 heterocycles. The molecule has 0 fully saturated rings. The van der Waals surface area contributed by atoms with E-state index in [0.717, 1.165) is 0 Å². The maximum absolute atomic E-state index is 12.2. The fourth-order valence-electron chi connectivity index (χ4n) is 2.26. The first kappa shape index (κ1) is 21.1. The first-order chi connectivity index (χ1) is 12.7. The fraction of sp³-hybridized carbons (Fsp3) is 0.235. The summed E-state index contributed by atoms with van der Waals surface area (Å²) in [4.78, 5) is 22.4. The topological polar surface area (TPSA) is 90.7 Å². The Bertz CT molecular complexity index is 889. The second-order valence-electron chi connectivity index (χ2n) is 5.50. The Labute approximate surface area is 170 Å². The predicted octanol–water partition coefficient (Wildman–Crippen LogP) is 5.20. The summed E-state index contributed by atoms with van der Waals surface area (Å²) in [5.74, 6) is -0.227. The molecule has 0 radical (unpaired) electrons. The van der Waals surface area contributed by atoms with E-state index < -0.39 is 10.8 Å². The van der Waals surface area contributed by atoms with Crippen molar-refractivity contribution in [1.82, 2.24) is 0 Å². The highest BCUT2D eigenvalue weighted by molar-refractivity contribution is 6.42. The molecule has 0 saturated carbocycles. The standard InChI is InChI=1S/C17H15Cl3N2O5/c1-8-14(18)9(2)16(20)17(15(8)19)27-7-13(23)21-11-5-4-10(22(24)25)6-12(11)26-3/h4-6H,7H2,1-3H3,(H,21,23). The third kappa shape index (κ3) is 4.55. The van der Waals surface area contributed by atoms with Crippen molar-refractivity contribution < 1.29 is 19.2 Å². The van der Waals surface area contributed by atoms with E-state index in [1.54, 1.807) is 13.8 Å². The van der Waals surface area contributed by atoms with Crippen molar-refractivity contribution in [3.8, 4) is 11.5 Å². The number of carbonyl (C=O) groups is 1. The molecule has 27 heavy (non-hydrogen) atoms. The van der Waals surface area contributed by atoms with E-state index >= 15 is 0 Å². The van der Waals surface area contributed by atoms with Gasteiger partial charge in [-0.1, -0.05) is 34.8 Å². The molecule has 0 unspecified atom stereocenters. The molecule has 2 aromatic carbocycles. The number of carbonyl (C=O) groups excluding carboxylic acids is 1. The predicted molar refractivity (Wildman–Crippen MR) is 105 cm³/mol. The minimum absolute atomic E-state index is 0.145. The van der Waals surface area contributed by atoms with Gasteiger partial charge in [0, 0.05) is 11.1 Å². The summed E-state index contributed by atoms with van der Waals surface area (Å²) < 4.78 is 10.5. The number of non-ortho nitro benzene ring substituents is 1. The second-order valence-corrected chi connectivity index (χ2v) is 6.63. The van der Waals surface area contributed by atoms with E-state index in [2.05, 4.69) is 5.32 Å². The molecule has 0 atom stereocenters. The molecule has 2 rings (SSSR count). The number of rotatable bonds is 6. The van der Waals surface area contributed by atoms with Crippen molar-refractivity contribution in [3.05, 3.63) is 54.5 Å². The lowest BCUT2D eigenvalue weighted by Gasteiger charge is -2.16. The molecule has 0 spiro atoms. The van der Waals surface area contributed by atoms with Crippen molar-refractivity contribution in [2.75, 3.05) is 19.0 Å². The van der Waals surface area contributed by atoms with Crippen molar-refractivity contribution in [2.24, 2.45) is 0 Å². The summed E-state index contributed by atoms with van der Waals surface area (Å²) >= 11 is 18.5. The lowest BCUT2D eigenvalue weighted by molar-refractivity contribution is -0.384. The number of nitro benzene ring substituents is 1. The van der Waals surface area contributed by atoms with Gasteiger partial charge in [-0.2, -0.15) is 0 Å². The molecular weight excluding hydrogens is 419 g/mol. The van der Waals surface area contributed by atoms with Gasteiger partial charge in [0.05, 0.1) is 33.8 Å². The highest BCUT2D eigenvalue weighted by atomic mass is 35.5. The molecule has 0 aliphatic heterocycles. The lowest BCUT2D eigenvalue weighted by Crippen LogP contribution is -2.21. The minimum Gasteiger partial charge on any atom is -0.494 e. The first-order valence-electron chi connectivity index (χ1n) is 7.56. The maximum atomic E-state index is 12.2. The van der Waals surface area contributed by atoms with Crippen molar-refractivity contribution >= 4 is 52.1 Å². The molecule has 7 nitrogen and oxygen atoms in total. The van der Waals surface area contributed by atoms with Crippen LogP contribution in [0.4, 0.5) is 11.4 Å². The average Bonchev–Trinajstić information content (AvgIpc) is 2.64. The Hall–Kier alpha value is -2.22. The molecule has 1 N–H and O–H groups in total. The quantitative estimate of drug-likeness (QED) is 0.499. The number of nitrogens with one attached hydrogen (secondary N) is 1. The highest BCUT2D eigenvalue weighted by Crippen LogP contribution is 2.42. The number of amides is 1. The number of halogens is 3. The second kappa shape index (κ2) is 8.65. The van der Waals surface area contributed by atoms with Gasteiger partial charge in [0.2, 0.25) is 0 Å². The smallest absolute Gasteiger partial charge is 0.273 e. The van der Waals surface area contributed by atoms with E-state index in [-0.39, 0.29) is 39.5 Å². The van der Waals surface area contributed by atoms with Gasteiger partial charge in [0.15, 0.2) is 12.4 Å². The zero-order valence-corrected chi connectivity index (χ0v) is 16.8. The minimum atomic E-state index is -0.563. The van der Waals surface area contributed by atoms with Gasteiger partial charge in [-0.05, 0) is 31.0 Å². The Balaban J connectivity index is 2.15. The van der Waals surface area contributed by atoms with Crippen molar-refractivity contribution in [3.63, 3.8) is 0 Å². The van der Waals surface area contributed by atoms with E-state index in [9.17, 15) is 14.9 Å². The average molecular weight is 434 g/mol. The van der Waals surface area contributed by atoms with Gasteiger partial charge in [0.1, 0.15) is 5.75 Å². The molecule has 0 bridgehead atoms. The van der Waals surface area contributed by atoms with Crippen LogP contribution in [0.1, 0.15) is 11.1 Å². The Morgan fingerprint density at radius 1 is 1.15 bits per heavy atom. The summed E-state index contributed by atoms with van der Waals surface area (Å²) in [7, 11) is 1.34. The first-order valence-corrected chi connectivity index (χ1v) is 8.69. The van der Waals surface area contributed by atoms with Crippen LogP contribution in [-0.2, 0) is 4.79 Å². The third-order valence-corrected chi connectivity index (χ3v) is 5.21. The molecule has 0 aromatic heterocycles. The molecule has 0 aliphatic carbocycles. The van der Waals surface area contributed by atoms with Gasteiger partial charge in [0.25, 0.3) is 11.6 Å². The van der Waals surface area contributed by atoms with Crippen LogP contribution < -0.4 is 14.8 Å². The zero-order chi connectivity index (χ0) is 20.3. The number of nitro groups is 1. The van der Waals surface area contributed by atoms with Crippen LogP contribution in [0.25, 0.3) is 0 Å². The molecule has 0 saturated heterocycles. The maximum Gasteiger partial charge on any atom is 0.273 e. The number of hydrogen-bond acceptors (Lipinski definition) is 5. The van der Waals surface area contributed by atoms with Crippen molar-refractivity contribution in [2.45, 2.75) is 13.8 Å². The highest BCUT2D eigenvalue weighted by Gasteiger charge is 2.19.